The van der Waals surface area contributed by atoms with Crippen molar-refractivity contribution in [2.24, 2.45) is 5.73 Å². The molecular formula is C14H19ClN4O. The number of nitrogens with one attached hydrogen (secondary N) is 1. The minimum absolute atomic E-state index is 0. The van der Waals surface area contributed by atoms with Crippen molar-refractivity contribution in [3.8, 4) is 5.69 Å². The van der Waals surface area contributed by atoms with Crippen LogP contribution in [0.1, 0.15) is 25.5 Å². The minimum Gasteiger partial charge on any atom is -0.348 e. The van der Waals surface area contributed by atoms with Gasteiger partial charge in [0.25, 0.3) is 0 Å². The lowest BCUT2D eigenvalue weighted by atomic mass is 10.1. The number of hydrogen-bond donors (Lipinski definition) is 2. The summed E-state index contributed by atoms with van der Waals surface area (Å²) in [6.45, 7) is 3.60. The maximum Gasteiger partial charge on any atom is 0.237 e. The summed E-state index contributed by atoms with van der Waals surface area (Å²) in [5, 5.41) is 7.03. The van der Waals surface area contributed by atoms with Crippen molar-refractivity contribution in [3.63, 3.8) is 0 Å². The molecule has 0 saturated carbocycles. The third kappa shape index (κ3) is 3.82. The van der Waals surface area contributed by atoms with Crippen LogP contribution in [0.4, 0.5) is 0 Å². The molecule has 3 N–H and O–H groups in total. The first-order chi connectivity index (χ1) is 9.08. The average molecular weight is 295 g/mol. The Morgan fingerprint density at radius 3 is 2.45 bits per heavy atom. The second kappa shape index (κ2) is 7.07. The highest BCUT2D eigenvalue weighted by atomic mass is 35.5. The molecule has 0 spiro atoms. The van der Waals surface area contributed by atoms with Crippen LogP contribution in [0.5, 0.6) is 0 Å². The molecule has 0 aliphatic heterocycles. The summed E-state index contributed by atoms with van der Waals surface area (Å²) >= 11 is 0. The number of aromatic nitrogens is 2. The van der Waals surface area contributed by atoms with Crippen molar-refractivity contribution < 1.29 is 4.79 Å². The maximum absolute atomic E-state index is 11.5. The second-order valence-corrected chi connectivity index (χ2v) is 4.56. The van der Waals surface area contributed by atoms with Crippen LogP contribution in [-0.2, 0) is 4.79 Å². The monoisotopic (exact) mass is 294 g/mol. The standard InChI is InChI=1S/C14H18N4O.ClH/c1-10(15)14(19)17-11(2)12-4-6-13(7-5-12)18-9-3-8-16-18;/h3-11H,15H2,1-2H3,(H,17,19);1H/t10-,11?;/m0./s1. The van der Waals surface area contributed by atoms with Gasteiger partial charge in [-0.25, -0.2) is 4.68 Å². The fraction of sp³-hybridized carbons (Fsp3) is 0.286. The van der Waals surface area contributed by atoms with Crippen molar-refractivity contribution in [2.75, 3.05) is 0 Å². The van der Waals surface area contributed by atoms with E-state index in [4.69, 9.17) is 5.73 Å². The lowest BCUT2D eigenvalue weighted by Crippen LogP contribution is -2.39. The van der Waals surface area contributed by atoms with Crippen LogP contribution in [0, 0.1) is 0 Å². The zero-order valence-electron chi connectivity index (χ0n) is 11.5. The average Bonchev–Trinajstić information content (AvgIpc) is 2.92. The van der Waals surface area contributed by atoms with Crippen molar-refractivity contribution in [1.82, 2.24) is 15.1 Å². The zero-order chi connectivity index (χ0) is 13.8. The maximum atomic E-state index is 11.5. The Balaban J connectivity index is 0.00000200. The minimum atomic E-state index is -0.495. The molecule has 1 amide bonds. The molecule has 1 heterocycles. The molecule has 0 aliphatic carbocycles. The van der Waals surface area contributed by atoms with Gasteiger partial charge in [-0.2, -0.15) is 5.10 Å². The van der Waals surface area contributed by atoms with Gasteiger partial charge in [0.15, 0.2) is 0 Å². The number of benzene rings is 1. The Bertz CT molecular complexity index is 537. The molecule has 0 fully saturated rings. The van der Waals surface area contributed by atoms with E-state index in [0.29, 0.717) is 0 Å². The van der Waals surface area contributed by atoms with Crippen molar-refractivity contribution in [1.29, 1.82) is 0 Å². The molecule has 0 saturated heterocycles. The number of carbonyl (C=O) groups excluding carboxylic acids is 1. The smallest absolute Gasteiger partial charge is 0.237 e. The van der Waals surface area contributed by atoms with Crippen molar-refractivity contribution in [3.05, 3.63) is 48.3 Å². The van der Waals surface area contributed by atoms with Crippen LogP contribution < -0.4 is 11.1 Å². The highest BCUT2D eigenvalue weighted by Crippen LogP contribution is 2.15. The first-order valence-electron chi connectivity index (χ1n) is 6.24. The van der Waals surface area contributed by atoms with Gasteiger partial charge in [0.2, 0.25) is 5.91 Å². The fourth-order valence-electron chi connectivity index (χ4n) is 1.77. The van der Waals surface area contributed by atoms with E-state index in [0.717, 1.165) is 11.3 Å². The summed E-state index contributed by atoms with van der Waals surface area (Å²) < 4.78 is 1.79. The van der Waals surface area contributed by atoms with Gasteiger partial charge in [-0.3, -0.25) is 4.79 Å². The largest absolute Gasteiger partial charge is 0.348 e. The van der Waals surface area contributed by atoms with E-state index in [2.05, 4.69) is 10.4 Å². The summed E-state index contributed by atoms with van der Waals surface area (Å²) in [5.41, 5.74) is 7.54. The number of halogens is 1. The Labute approximate surface area is 124 Å². The van der Waals surface area contributed by atoms with E-state index < -0.39 is 6.04 Å². The highest BCUT2D eigenvalue weighted by Gasteiger charge is 2.12. The quantitative estimate of drug-likeness (QED) is 0.903. The van der Waals surface area contributed by atoms with Gasteiger partial charge in [-0.15, -0.1) is 12.4 Å². The van der Waals surface area contributed by atoms with Crippen LogP contribution in [0.3, 0.4) is 0 Å². The molecule has 0 bridgehead atoms. The number of rotatable bonds is 4. The summed E-state index contributed by atoms with van der Waals surface area (Å²) in [5.74, 6) is -0.149. The molecule has 2 aromatic rings. The van der Waals surface area contributed by atoms with Crippen molar-refractivity contribution in [2.45, 2.75) is 25.9 Å². The van der Waals surface area contributed by atoms with Gasteiger partial charge in [0.1, 0.15) is 0 Å². The first-order valence-corrected chi connectivity index (χ1v) is 6.24. The van der Waals surface area contributed by atoms with Gasteiger partial charge >= 0.3 is 0 Å². The van der Waals surface area contributed by atoms with E-state index in [1.165, 1.54) is 0 Å². The van der Waals surface area contributed by atoms with Gasteiger partial charge in [0.05, 0.1) is 17.8 Å². The molecule has 0 radical (unpaired) electrons. The molecule has 1 aromatic carbocycles. The number of nitrogens with two attached hydrogens (primary N) is 1. The number of nitrogens with zero attached hydrogens (tertiary/aromatic N) is 2. The molecule has 6 heteroatoms. The molecule has 1 unspecified atom stereocenters. The lowest BCUT2D eigenvalue weighted by Gasteiger charge is -2.16. The van der Waals surface area contributed by atoms with E-state index in [1.807, 2.05) is 43.5 Å². The van der Waals surface area contributed by atoms with Crippen LogP contribution in [0.15, 0.2) is 42.7 Å². The molecule has 108 valence electrons. The third-order valence-electron chi connectivity index (χ3n) is 2.93. The molecule has 2 atom stereocenters. The molecule has 20 heavy (non-hydrogen) atoms. The first kappa shape index (κ1) is 16.2. The Kier molecular flexibility index (Phi) is 5.73. The normalized spacial score (nSPS) is 13.2. The van der Waals surface area contributed by atoms with Crippen LogP contribution in [0.25, 0.3) is 5.69 Å². The molecule has 0 aliphatic rings. The van der Waals surface area contributed by atoms with Gasteiger partial charge < -0.3 is 11.1 Å². The predicted octanol–water partition coefficient (Wildman–Crippen LogP) is 1.82. The lowest BCUT2D eigenvalue weighted by molar-refractivity contribution is -0.122. The van der Waals surface area contributed by atoms with Crippen LogP contribution in [-0.4, -0.2) is 21.7 Å². The Hall–Kier alpha value is -1.85. The second-order valence-electron chi connectivity index (χ2n) is 4.56. The molecule has 2 rings (SSSR count). The van der Waals surface area contributed by atoms with Crippen LogP contribution >= 0.6 is 12.4 Å². The SMILES string of the molecule is CC(NC(=O)[C@H](C)N)c1ccc(-n2cccn2)cc1.Cl. The number of amides is 1. The Morgan fingerprint density at radius 1 is 1.30 bits per heavy atom. The van der Waals surface area contributed by atoms with Crippen LogP contribution in [0.2, 0.25) is 0 Å². The van der Waals surface area contributed by atoms with Gasteiger partial charge in [-0.1, -0.05) is 12.1 Å². The zero-order valence-corrected chi connectivity index (χ0v) is 12.3. The summed E-state index contributed by atoms with van der Waals surface area (Å²) in [6.07, 6.45) is 3.62. The van der Waals surface area contributed by atoms with Gasteiger partial charge in [0, 0.05) is 12.4 Å². The van der Waals surface area contributed by atoms with Crippen molar-refractivity contribution >= 4 is 18.3 Å². The molecule has 1 aromatic heterocycles. The number of carbonyl (C=O) groups is 1. The molecule has 5 nitrogen and oxygen atoms in total. The van der Waals surface area contributed by atoms with E-state index in [1.54, 1.807) is 17.8 Å². The summed E-state index contributed by atoms with van der Waals surface area (Å²) in [6, 6.07) is 9.20. The highest BCUT2D eigenvalue weighted by molar-refractivity contribution is 5.85. The van der Waals surface area contributed by atoms with E-state index in [9.17, 15) is 4.79 Å². The predicted molar refractivity (Wildman–Crippen MR) is 81.0 cm³/mol. The number of hydrogen-bond acceptors (Lipinski definition) is 3. The van der Waals surface area contributed by atoms with E-state index >= 15 is 0 Å². The summed E-state index contributed by atoms with van der Waals surface area (Å²) in [4.78, 5) is 11.5. The molecular weight excluding hydrogens is 276 g/mol. The third-order valence-corrected chi connectivity index (χ3v) is 2.93. The van der Waals surface area contributed by atoms with Gasteiger partial charge in [-0.05, 0) is 37.6 Å². The Morgan fingerprint density at radius 2 is 1.95 bits per heavy atom. The topological polar surface area (TPSA) is 72.9 Å². The fourth-order valence-corrected chi connectivity index (χ4v) is 1.77. The summed E-state index contributed by atoms with van der Waals surface area (Å²) in [7, 11) is 0. The van der Waals surface area contributed by atoms with E-state index in [-0.39, 0.29) is 24.4 Å².